The SMILES string of the molecule is CCc1nc(C2CCCN(C(=O)c3ccc(C)s3)C2)no1. The first-order valence-corrected chi connectivity index (χ1v) is 8.17. The number of carbonyl (C=O) groups excluding carboxylic acids is 1. The van der Waals surface area contributed by atoms with E-state index in [0.29, 0.717) is 12.4 Å². The highest BCUT2D eigenvalue weighted by Crippen LogP contribution is 2.27. The first-order chi connectivity index (χ1) is 10.2. The second kappa shape index (κ2) is 5.97. The third-order valence-corrected chi connectivity index (χ3v) is 4.80. The van der Waals surface area contributed by atoms with Crippen LogP contribution in [0.2, 0.25) is 0 Å². The largest absolute Gasteiger partial charge is 0.339 e. The van der Waals surface area contributed by atoms with Crippen LogP contribution >= 0.6 is 11.3 Å². The second-order valence-electron chi connectivity index (χ2n) is 5.40. The standard InChI is InChI=1S/C15H19N3O2S/c1-3-13-16-14(17-20-13)11-5-4-8-18(9-11)15(19)12-7-6-10(2)21-12/h6-7,11H,3-5,8-9H2,1-2H3. The van der Waals surface area contributed by atoms with Gasteiger partial charge in [0.15, 0.2) is 5.82 Å². The Morgan fingerprint density at radius 1 is 1.52 bits per heavy atom. The van der Waals surface area contributed by atoms with E-state index in [1.54, 1.807) is 11.3 Å². The van der Waals surface area contributed by atoms with Crippen molar-refractivity contribution in [1.29, 1.82) is 0 Å². The van der Waals surface area contributed by atoms with E-state index in [4.69, 9.17) is 4.52 Å². The Morgan fingerprint density at radius 3 is 3.05 bits per heavy atom. The molecule has 1 fully saturated rings. The first kappa shape index (κ1) is 14.3. The van der Waals surface area contributed by atoms with Gasteiger partial charge in [-0.15, -0.1) is 11.3 Å². The number of aromatic nitrogens is 2. The number of carbonyl (C=O) groups is 1. The lowest BCUT2D eigenvalue weighted by atomic mass is 9.97. The van der Waals surface area contributed by atoms with E-state index in [-0.39, 0.29) is 11.8 Å². The summed E-state index contributed by atoms with van der Waals surface area (Å²) in [6.07, 6.45) is 2.74. The number of aryl methyl sites for hydroxylation is 2. The maximum absolute atomic E-state index is 12.5. The van der Waals surface area contributed by atoms with Crippen molar-refractivity contribution in [3.05, 3.63) is 33.6 Å². The number of rotatable bonds is 3. The summed E-state index contributed by atoms with van der Waals surface area (Å²) in [6, 6.07) is 3.90. The first-order valence-electron chi connectivity index (χ1n) is 7.35. The van der Waals surface area contributed by atoms with E-state index in [9.17, 15) is 4.79 Å². The van der Waals surface area contributed by atoms with Gasteiger partial charge in [0.2, 0.25) is 5.89 Å². The maximum Gasteiger partial charge on any atom is 0.263 e. The fraction of sp³-hybridized carbons (Fsp3) is 0.533. The van der Waals surface area contributed by atoms with Gasteiger partial charge in [-0.2, -0.15) is 4.98 Å². The molecule has 1 atom stereocenters. The summed E-state index contributed by atoms with van der Waals surface area (Å²) in [5.41, 5.74) is 0. The Kier molecular flexibility index (Phi) is 4.05. The maximum atomic E-state index is 12.5. The molecule has 0 bridgehead atoms. The molecule has 1 amide bonds. The minimum Gasteiger partial charge on any atom is -0.339 e. The van der Waals surface area contributed by atoms with Gasteiger partial charge in [-0.25, -0.2) is 0 Å². The molecule has 1 saturated heterocycles. The quantitative estimate of drug-likeness (QED) is 0.874. The molecule has 2 aromatic heterocycles. The lowest BCUT2D eigenvalue weighted by molar-refractivity contribution is 0.0708. The molecule has 0 radical (unpaired) electrons. The molecule has 3 rings (SSSR count). The Morgan fingerprint density at radius 2 is 2.38 bits per heavy atom. The fourth-order valence-electron chi connectivity index (χ4n) is 2.66. The highest BCUT2D eigenvalue weighted by Gasteiger charge is 2.28. The molecule has 0 spiro atoms. The van der Waals surface area contributed by atoms with Crippen LogP contribution in [0.5, 0.6) is 0 Å². The van der Waals surface area contributed by atoms with Gasteiger partial charge in [0.25, 0.3) is 5.91 Å². The average Bonchev–Trinajstić information content (AvgIpc) is 3.15. The number of amides is 1. The topological polar surface area (TPSA) is 59.2 Å². The fourth-order valence-corrected chi connectivity index (χ4v) is 3.49. The Hall–Kier alpha value is -1.69. The molecule has 0 aliphatic carbocycles. The van der Waals surface area contributed by atoms with Gasteiger partial charge in [0, 0.05) is 30.3 Å². The molecule has 21 heavy (non-hydrogen) atoms. The zero-order chi connectivity index (χ0) is 14.8. The normalized spacial score (nSPS) is 19.0. The van der Waals surface area contributed by atoms with Crippen molar-refractivity contribution in [3.63, 3.8) is 0 Å². The van der Waals surface area contributed by atoms with Gasteiger partial charge in [-0.05, 0) is 31.9 Å². The zero-order valence-corrected chi connectivity index (χ0v) is 13.2. The van der Waals surface area contributed by atoms with E-state index in [1.165, 1.54) is 0 Å². The number of likely N-dealkylation sites (tertiary alicyclic amines) is 1. The molecular weight excluding hydrogens is 286 g/mol. The predicted octanol–water partition coefficient (Wildman–Crippen LogP) is 3.02. The summed E-state index contributed by atoms with van der Waals surface area (Å²) in [6.45, 7) is 5.50. The molecule has 1 unspecified atom stereocenters. The number of hydrogen-bond donors (Lipinski definition) is 0. The van der Waals surface area contributed by atoms with Crippen LogP contribution in [0.1, 0.15) is 51.9 Å². The number of thiophene rings is 1. The summed E-state index contributed by atoms with van der Waals surface area (Å²) in [4.78, 5) is 20.8. The van der Waals surface area contributed by atoms with Crippen molar-refractivity contribution in [2.75, 3.05) is 13.1 Å². The minimum atomic E-state index is 0.122. The third kappa shape index (κ3) is 3.00. The zero-order valence-electron chi connectivity index (χ0n) is 12.3. The van der Waals surface area contributed by atoms with Gasteiger partial charge in [0.05, 0.1) is 4.88 Å². The van der Waals surface area contributed by atoms with Crippen molar-refractivity contribution >= 4 is 17.2 Å². The predicted molar refractivity (Wildman–Crippen MR) is 80.6 cm³/mol. The van der Waals surface area contributed by atoms with Crippen LogP contribution < -0.4 is 0 Å². The van der Waals surface area contributed by atoms with Gasteiger partial charge in [-0.1, -0.05) is 12.1 Å². The lowest BCUT2D eigenvalue weighted by Gasteiger charge is -2.30. The van der Waals surface area contributed by atoms with Gasteiger partial charge >= 0.3 is 0 Å². The molecule has 3 heterocycles. The summed E-state index contributed by atoms with van der Waals surface area (Å²) in [5.74, 6) is 1.72. The molecule has 5 nitrogen and oxygen atoms in total. The van der Waals surface area contributed by atoms with Crippen LogP contribution in [0, 0.1) is 6.92 Å². The molecule has 6 heteroatoms. The smallest absolute Gasteiger partial charge is 0.263 e. The van der Waals surface area contributed by atoms with Gasteiger partial charge < -0.3 is 9.42 Å². The van der Waals surface area contributed by atoms with Crippen molar-refractivity contribution in [3.8, 4) is 0 Å². The van der Waals surface area contributed by atoms with Crippen LogP contribution in [-0.4, -0.2) is 34.0 Å². The molecule has 1 aliphatic rings. The van der Waals surface area contributed by atoms with Crippen LogP contribution in [0.3, 0.4) is 0 Å². The minimum absolute atomic E-state index is 0.122. The Balaban J connectivity index is 1.72. The molecule has 0 aromatic carbocycles. The van der Waals surface area contributed by atoms with Crippen molar-refractivity contribution in [2.24, 2.45) is 0 Å². The molecule has 0 saturated carbocycles. The van der Waals surface area contributed by atoms with Crippen molar-refractivity contribution < 1.29 is 9.32 Å². The molecule has 1 aliphatic heterocycles. The Bertz CT molecular complexity index is 634. The third-order valence-electron chi connectivity index (χ3n) is 3.81. The van der Waals surface area contributed by atoms with Crippen molar-refractivity contribution in [1.82, 2.24) is 15.0 Å². The van der Waals surface area contributed by atoms with E-state index in [2.05, 4.69) is 10.1 Å². The van der Waals surface area contributed by atoms with E-state index < -0.39 is 0 Å². The summed E-state index contributed by atoms with van der Waals surface area (Å²) >= 11 is 1.55. The molecular formula is C15H19N3O2S. The second-order valence-corrected chi connectivity index (χ2v) is 6.69. The highest BCUT2D eigenvalue weighted by atomic mass is 32.1. The number of hydrogen-bond acceptors (Lipinski definition) is 5. The van der Waals surface area contributed by atoms with E-state index >= 15 is 0 Å². The van der Waals surface area contributed by atoms with Gasteiger partial charge in [0.1, 0.15) is 0 Å². The highest BCUT2D eigenvalue weighted by molar-refractivity contribution is 7.13. The monoisotopic (exact) mass is 305 g/mol. The van der Waals surface area contributed by atoms with Gasteiger partial charge in [-0.3, -0.25) is 4.79 Å². The van der Waals surface area contributed by atoms with E-state index in [0.717, 1.165) is 41.4 Å². The van der Waals surface area contributed by atoms with Crippen molar-refractivity contribution in [2.45, 2.75) is 39.0 Å². The van der Waals surface area contributed by atoms with Crippen LogP contribution in [0.15, 0.2) is 16.7 Å². The Labute approximate surface area is 128 Å². The summed E-state index contributed by atoms with van der Waals surface area (Å²) < 4.78 is 5.19. The average molecular weight is 305 g/mol. The molecule has 112 valence electrons. The number of piperidine rings is 1. The van der Waals surface area contributed by atoms with Crippen LogP contribution in [0.25, 0.3) is 0 Å². The number of nitrogens with zero attached hydrogens (tertiary/aromatic N) is 3. The summed E-state index contributed by atoms with van der Waals surface area (Å²) in [5, 5.41) is 4.06. The molecule has 2 aromatic rings. The summed E-state index contributed by atoms with van der Waals surface area (Å²) in [7, 11) is 0. The lowest BCUT2D eigenvalue weighted by Crippen LogP contribution is -2.39. The van der Waals surface area contributed by atoms with Crippen LogP contribution in [0.4, 0.5) is 0 Å². The van der Waals surface area contributed by atoms with E-state index in [1.807, 2.05) is 30.9 Å². The van der Waals surface area contributed by atoms with Crippen LogP contribution in [-0.2, 0) is 6.42 Å². The molecule has 0 N–H and O–H groups in total.